The van der Waals surface area contributed by atoms with Gasteiger partial charge >= 0.3 is 0 Å². The lowest BCUT2D eigenvalue weighted by Crippen LogP contribution is -2.12. The number of halogens is 1. The lowest BCUT2D eigenvalue weighted by atomic mass is 10.1. The molecule has 21 heavy (non-hydrogen) atoms. The van der Waals surface area contributed by atoms with Crippen LogP contribution in [0.15, 0.2) is 40.9 Å². The number of nitrogen functional groups attached to an aromatic ring is 1. The summed E-state index contributed by atoms with van der Waals surface area (Å²) in [5.41, 5.74) is 8.00. The van der Waals surface area contributed by atoms with Crippen molar-refractivity contribution < 1.29 is 9.72 Å². The third kappa shape index (κ3) is 3.38. The van der Waals surface area contributed by atoms with E-state index in [0.29, 0.717) is 21.4 Å². The van der Waals surface area contributed by atoms with E-state index in [1.165, 1.54) is 18.2 Å². The Bertz CT molecular complexity index is 731. The molecule has 2 aromatic carbocycles. The zero-order valence-electron chi connectivity index (χ0n) is 11.1. The number of benzene rings is 2. The highest BCUT2D eigenvalue weighted by Gasteiger charge is 2.12. The summed E-state index contributed by atoms with van der Waals surface area (Å²) in [6.45, 7) is 1.81. The SMILES string of the molecule is Cc1cc(C(=O)Nc2ccc([N+](=O)[O-])cc2Br)ccc1N. The van der Waals surface area contributed by atoms with Crippen LogP contribution in [-0.2, 0) is 0 Å². The molecule has 0 radical (unpaired) electrons. The highest BCUT2D eigenvalue weighted by atomic mass is 79.9. The zero-order chi connectivity index (χ0) is 15.6. The molecule has 0 saturated heterocycles. The van der Waals surface area contributed by atoms with Gasteiger partial charge in [-0.25, -0.2) is 0 Å². The maximum atomic E-state index is 12.1. The number of rotatable bonds is 3. The first-order valence-electron chi connectivity index (χ1n) is 6.00. The highest BCUT2D eigenvalue weighted by molar-refractivity contribution is 9.10. The van der Waals surface area contributed by atoms with Gasteiger partial charge in [0.2, 0.25) is 0 Å². The standard InChI is InChI=1S/C14H12BrN3O3/c1-8-6-9(2-4-12(8)16)14(19)17-13-5-3-10(18(20)21)7-11(13)15/h2-7H,16H2,1H3,(H,17,19). The quantitative estimate of drug-likeness (QED) is 0.503. The number of amides is 1. The van der Waals surface area contributed by atoms with Gasteiger partial charge in [0.05, 0.1) is 10.6 Å². The minimum atomic E-state index is -0.500. The molecule has 0 spiro atoms. The molecular weight excluding hydrogens is 338 g/mol. The summed E-state index contributed by atoms with van der Waals surface area (Å²) in [6.07, 6.45) is 0. The van der Waals surface area contributed by atoms with Crippen molar-refractivity contribution >= 4 is 38.9 Å². The van der Waals surface area contributed by atoms with Crippen molar-refractivity contribution in [2.45, 2.75) is 6.92 Å². The second-order valence-electron chi connectivity index (χ2n) is 4.45. The summed E-state index contributed by atoms with van der Waals surface area (Å²) in [4.78, 5) is 22.3. The van der Waals surface area contributed by atoms with E-state index in [4.69, 9.17) is 5.73 Å². The molecule has 0 aromatic heterocycles. The number of anilines is 2. The fourth-order valence-electron chi connectivity index (χ4n) is 1.73. The predicted molar refractivity (Wildman–Crippen MR) is 84.3 cm³/mol. The summed E-state index contributed by atoms with van der Waals surface area (Å²) in [5.74, 6) is -0.312. The molecule has 6 nitrogen and oxygen atoms in total. The van der Waals surface area contributed by atoms with Crippen molar-refractivity contribution in [3.8, 4) is 0 Å². The third-order valence-corrected chi connectivity index (χ3v) is 3.60. The Balaban J connectivity index is 2.23. The normalized spacial score (nSPS) is 10.2. The molecule has 2 aromatic rings. The summed E-state index contributed by atoms with van der Waals surface area (Å²) < 4.78 is 0.442. The first-order valence-corrected chi connectivity index (χ1v) is 6.79. The van der Waals surface area contributed by atoms with Crippen molar-refractivity contribution in [2.24, 2.45) is 0 Å². The van der Waals surface area contributed by atoms with Crippen LogP contribution in [-0.4, -0.2) is 10.8 Å². The molecule has 0 heterocycles. The first kappa shape index (κ1) is 15.0. The van der Waals surface area contributed by atoms with Crippen LogP contribution in [0.1, 0.15) is 15.9 Å². The number of nitrogens with two attached hydrogens (primary N) is 1. The van der Waals surface area contributed by atoms with Gasteiger partial charge in [-0.15, -0.1) is 0 Å². The number of aryl methyl sites for hydroxylation is 1. The van der Waals surface area contributed by atoms with Crippen LogP contribution >= 0.6 is 15.9 Å². The van der Waals surface area contributed by atoms with Crippen LogP contribution in [0.4, 0.5) is 17.1 Å². The molecule has 0 aliphatic carbocycles. The van der Waals surface area contributed by atoms with Gasteiger partial charge < -0.3 is 11.1 Å². The van der Waals surface area contributed by atoms with E-state index in [1.807, 2.05) is 6.92 Å². The number of carbonyl (C=O) groups is 1. The molecule has 0 fully saturated rings. The van der Waals surface area contributed by atoms with E-state index in [-0.39, 0.29) is 11.6 Å². The monoisotopic (exact) mass is 349 g/mol. The second-order valence-corrected chi connectivity index (χ2v) is 5.30. The Labute approximate surface area is 129 Å². The number of nitrogens with zero attached hydrogens (tertiary/aromatic N) is 1. The number of non-ortho nitro benzene ring substituents is 1. The van der Waals surface area contributed by atoms with E-state index < -0.39 is 4.92 Å². The molecule has 7 heteroatoms. The predicted octanol–water partition coefficient (Wildman–Crippen LogP) is 3.50. The molecule has 0 aliphatic heterocycles. The summed E-state index contributed by atoms with van der Waals surface area (Å²) in [7, 11) is 0. The van der Waals surface area contributed by atoms with Gasteiger partial charge in [-0.05, 0) is 52.7 Å². The smallest absolute Gasteiger partial charge is 0.270 e. The van der Waals surface area contributed by atoms with Crippen molar-refractivity contribution in [3.63, 3.8) is 0 Å². The van der Waals surface area contributed by atoms with Gasteiger partial charge in [0.1, 0.15) is 0 Å². The Morgan fingerprint density at radius 1 is 1.29 bits per heavy atom. The van der Waals surface area contributed by atoms with Crippen molar-refractivity contribution in [3.05, 3.63) is 62.1 Å². The minimum Gasteiger partial charge on any atom is -0.399 e. The van der Waals surface area contributed by atoms with Crippen molar-refractivity contribution in [1.29, 1.82) is 0 Å². The van der Waals surface area contributed by atoms with Crippen LogP contribution < -0.4 is 11.1 Å². The fourth-order valence-corrected chi connectivity index (χ4v) is 2.20. The van der Waals surface area contributed by atoms with Gasteiger partial charge in [-0.1, -0.05) is 0 Å². The summed E-state index contributed by atoms with van der Waals surface area (Å²) in [6, 6.07) is 9.11. The van der Waals surface area contributed by atoms with E-state index in [1.54, 1.807) is 18.2 Å². The molecule has 2 rings (SSSR count). The van der Waals surface area contributed by atoms with Crippen LogP contribution in [0.25, 0.3) is 0 Å². The molecule has 0 aliphatic rings. The lowest BCUT2D eigenvalue weighted by molar-refractivity contribution is -0.384. The fraction of sp³-hybridized carbons (Fsp3) is 0.0714. The largest absolute Gasteiger partial charge is 0.399 e. The van der Waals surface area contributed by atoms with E-state index >= 15 is 0 Å². The number of nitro benzene ring substituents is 1. The van der Waals surface area contributed by atoms with Crippen LogP contribution in [0.3, 0.4) is 0 Å². The maximum Gasteiger partial charge on any atom is 0.270 e. The van der Waals surface area contributed by atoms with Gasteiger partial charge in [0.15, 0.2) is 0 Å². The number of nitrogens with one attached hydrogen (secondary N) is 1. The Hall–Kier alpha value is -2.41. The second kappa shape index (κ2) is 5.92. The minimum absolute atomic E-state index is 0.0526. The number of nitro groups is 1. The average molecular weight is 350 g/mol. The third-order valence-electron chi connectivity index (χ3n) is 2.94. The first-order chi connectivity index (χ1) is 9.88. The molecule has 3 N–H and O–H groups in total. The molecule has 1 amide bonds. The number of hydrogen-bond donors (Lipinski definition) is 2. The van der Waals surface area contributed by atoms with Crippen LogP contribution in [0, 0.1) is 17.0 Å². The Morgan fingerprint density at radius 3 is 2.57 bits per heavy atom. The maximum absolute atomic E-state index is 12.1. The summed E-state index contributed by atoms with van der Waals surface area (Å²) in [5, 5.41) is 13.4. The van der Waals surface area contributed by atoms with Gasteiger partial charge in [-0.2, -0.15) is 0 Å². The van der Waals surface area contributed by atoms with Crippen molar-refractivity contribution in [1.82, 2.24) is 0 Å². The topological polar surface area (TPSA) is 98.3 Å². The Morgan fingerprint density at radius 2 is 2.00 bits per heavy atom. The van der Waals surface area contributed by atoms with Crippen LogP contribution in [0.5, 0.6) is 0 Å². The van der Waals surface area contributed by atoms with Crippen molar-refractivity contribution in [2.75, 3.05) is 11.1 Å². The molecule has 0 saturated carbocycles. The average Bonchev–Trinajstić information content (AvgIpc) is 2.43. The lowest BCUT2D eigenvalue weighted by Gasteiger charge is -2.08. The van der Waals surface area contributed by atoms with E-state index in [2.05, 4.69) is 21.2 Å². The Kier molecular flexibility index (Phi) is 4.23. The number of hydrogen-bond acceptors (Lipinski definition) is 4. The van der Waals surface area contributed by atoms with Gasteiger partial charge in [0.25, 0.3) is 11.6 Å². The molecular formula is C14H12BrN3O3. The van der Waals surface area contributed by atoms with Crippen LogP contribution in [0.2, 0.25) is 0 Å². The zero-order valence-corrected chi connectivity index (χ0v) is 12.7. The van der Waals surface area contributed by atoms with Gasteiger partial charge in [0, 0.05) is 27.9 Å². The molecule has 0 bridgehead atoms. The summed E-state index contributed by atoms with van der Waals surface area (Å²) >= 11 is 3.20. The van der Waals surface area contributed by atoms with Gasteiger partial charge in [-0.3, -0.25) is 14.9 Å². The van der Waals surface area contributed by atoms with E-state index in [0.717, 1.165) is 5.56 Å². The molecule has 108 valence electrons. The number of carbonyl (C=O) groups excluding carboxylic acids is 1. The highest BCUT2D eigenvalue weighted by Crippen LogP contribution is 2.27. The molecule has 0 unspecified atom stereocenters. The van der Waals surface area contributed by atoms with E-state index in [9.17, 15) is 14.9 Å². The molecule has 0 atom stereocenters.